The highest BCUT2D eigenvalue weighted by Gasteiger charge is 2.50. The Kier molecular flexibility index (Phi) is 5.41. The molecule has 33 heavy (non-hydrogen) atoms. The maximum Gasteiger partial charge on any atom is 0.344 e. The van der Waals surface area contributed by atoms with Gasteiger partial charge in [-0.3, -0.25) is 19.9 Å². The Morgan fingerprint density at radius 1 is 1.12 bits per heavy atom. The highest BCUT2D eigenvalue weighted by Crippen LogP contribution is 2.38. The summed E-state index contributed by atoms with van der Waals surface area (Å²) in [5.41, 5.74) is 2.97. The predicted molar refractivity (Wildman–Crippen MR) is 118 cm³/mol. The summed E-state index contributed by atoms with van der Waals surface area (Å²) in [6, 6.07) is 14.2. The maximum atomic E-state index is 13.0. The van der Waals surface area contributed by atoms with Crippen LogP contribution in [0.4, 0.5) is 4.79 Å². The van der Waals surface area contributed by atoms with E-state index in [1.165, 1.54) is 0 Å². The number of amides is 4. The number of hydrogen-bond donors (Lipinski definition) is 2. The van der Waals surface area contributed by atoms with Crippen LogP contribution < -0.4 is 20.2 Å². The molecule has 9 nitrogen and oxygen atoms in total. The number of carbonyl (C=O) groups excluding carboxylic acids is 3. The summed E-state index contributed by atoms with van der Waals surface area (Å²) < 4.78 is 11.3. The molecule has 3 aliphatic rings. The molecular weight excluding hydrogens is 424 g/mol. The smallest absolute Gasteiger partial charge is 0.344 e. The van der Waals surface area contributed by atoms with Crippen molar-refractivity contribution in [3.05, 3.63) is 59.7 Å². The van der Waals surface area contributed by atoms with Gasteiger partial charge in [0, 0.05) is 6.04 Å². The van der Waals surface area contributed by atoms with Crippen LogP contribution in [0.3, 0.4) is 0 Å². The molecule has 0 saturated carbocycles. The molecular formula is C24H26N4O5. The number of imide groups is 1. The Bertz CT molecular complexity index is 1090. The largest absolute Gasteiger partial charge is 0.486 e. The van der Waals surface area contributed by atoms with Gasteiger partial charge in [-0.15, -0.1) is 0 Å². The summed E-state index contributed by atoms with van der Waals surface area (Å²) >= 11 is 0. The van der Waals surface area contributed by atoms with Gasteiger partial charge in [0.05, 0.1) is 6.54 Å². The van der Waals surface area contributed by atoms with Crippen molar-refractivity contribution < 1.29 is 23.9 Å². The van der Waals surface area contributed by atoms with Gasteiger partial charge in [0.15, 0.2) is 11.5 Å². The lowest BCUT2D eigenvalue weighted by atomic mass is 9.92. The number of benzene rings is 2. The van der Waals surface area contributed by atoms with Gasteiger partial charge in [-0.2, -0.15) is 5.01 Å². The van der Waals surface area contributed by atoms with Crippen molar-refractivity contribution in [3.8, 4) is 11.5 Å². The van der Waals surface area contributed by atoms with Gasteiger partial charge in [-0.05, 0) is 49.6 Å². The van der Waals surface area contributed by atoms with E-state index in [0.717, 1.165) is 41.5 Å². The monoisotopic (exact) mass is 450 g/mol. The third kappa shape index (κ3) is 3.89. The van der Waals surface area contributed by atoms with Crippen LogP contribution in [0.2, 0.25) is 0 Å². The second kappa shape index (κ2) is 8.40. The first-order valence-electron chi connectivity index (χ1n) is 11.1. The Hall–Kier alpha value is -3.59. The molecule has 0 aromatic heterocycles. The number of fused-ring (bicyclic) bond motifs is 1. The summed E-state index contributed by atoms with van der Waals surface area (Å²) in [4.78, 5) is 40.4. The quantitative estimate of drug-likeness (QED) is 0.677. The average Bonchev–Trinajstić information content (AvgIpc) is 3.37. The molecule has 0 aliphatic carbocycles. The standard InChI is InChI=1S/C24H26N4O5/c1-24(17-6-3-2-4-7-17)22(30)28(23(31)25-24)26-21(29)15-27-11-5-8-18(27)16-9-10-19-20(14-16)33-13-12-32-19/h2-4,6-7,9-10,14,18H,5,8,11-13,15H2,1H3,(H,25,31)(H,26,29)/t18-,24-/m1/s1. The molecule has 2 saturated heterocycles. The number of nitrogens with zero attached hydrogens (tertiary/aromatic N) is 2. The molecule has 3 heterocycles. The summed E-state index contributed by atoms with van der Waals surface area (Å²) in [7, 11) is 0. The SMILES string of the molecule is C[C@]1(c2ccccc2)NC(=O)N(NC(=O)CN2CCC[C@@H]2c2ccc3c(c2)OCCO3)C1=O. The van der Waals surface area contributed by atoms with Gasteiger partial charge in [0.1, 0.15) is 18.8 Å². The van der Waals surface area contributed by atoms with Crippen molar-refractivity contribution in [3.63, 3.8) is 0 Å². The van der Waals surface area contributed by atoms with Crippen molar-refractivity contribution in [2.24, 2.45) is 0 Å². The Labute approximate surface area is 191 Å². The van der Waals surface area contributed by atoms with Crippen LogP contribution in [0.1, 0.15) is 36.9 Å². The van der Waals surface area contributed by atoms with E-state index in [9.17, 15) is 14.4 Å². The molecule has 0 unspecified atom stereocenters. The molecule has 5 rings (SSSR count). The van der Waals surface area contributed by atoms with Crippen molar-refractivity contribution in [1.29, 1.82) is 0 Å². The Balaban J connectivity index is 1.26. The van der Waals surface area contributed by atoms with Crippen LogP contribution in [0.5, 0.6) is 11.5 Å². The lowest BCUT2D eigenvalue weighted by Gasteiger charge is -2.27. The fourth-order valence-electron chi connectivity index (χ4n) is 4.71. The van der Waals surface area contributed by atoms with Crippen LogP contribution in [0.15, 0.2) is 48.5 Å². The first-order valence-corrected chi connectivity index (χ1v) is 11.1. The predicted octanol–water partition coefficient (Wildman–Crippen LogP) is 2.09. The highest BCUT2D eigenvalue weighted by molar-refractivity contribution is 6.08. The third-order valence-electron chi connectivity index (χ3n) is 6.44. The first kappa shape index (κ1) is 21.3. The molecule has 172 valence electrons. The van der Waals surface area contributed by atoms with E-state index in [4.69, 9.17) is 9.47 Å². The van der Waals surface area contributed by atoms with E-state index >= 15 is 0 Å². The van der Waals surface area contributed by atoms with E-state index < -0.39 is 23.4 Å². The summed E-state index contributed by atoms with van der Waals surface area (Å²) in [6.45, 7) is 3.50. The summed E-state index contributed by atoms with van der Waals surface area (Å²) in [5, 5.41) is 3.47. The molecule has 2 atom stereocenters. The van der Waals surface area contributed by atoms with Crippen molar-refractivity contribution in [2.45, 2.75) is 31.3 Å². The zero-order chi connectivity index (χ0) is 23.0. The van der Waals surface area contributed by atoms with Crippen LogP contribution in [-0.2, 0) is 15.1 Å². The van der Waals surface area contributed by atoms with Gasteiger partial charge in [0.25, 0.3) is 11.8 Å². The number of ether oxygens (including phenoxy) is 2. The minimum Gasteiger partial charge on any atom is -0.486 e. The fraction of sp³-hybridized carbons (Fsp3) is 0.375. The van der Waals surface area contributed by atoms with Gasteiger partial charge in [-0.1, -0.05) is 36.4 Å². The number of likely N-dealkylation sites (tertiary alicyclic amines) is 1. The van der Waals surface area contributed by atoms with Gasteiger partial charge in [0.2, 0.25) is 0 Å². The highest BCUT2D eigenvalue weighted by atomic mass is 16.6. The topological polar surface area (TPSA) is 100 Å². The van der Waals surface area contributed by atoms with Crippen molar-refractivity contribution in [2.75, 3.05) is 26.3 Å². The summed E-state index contributed by atoms with van der Waals surface area (Å²) in [6.07, 6.45) is 1.85. The van der Waals surface area contributed by atoms with E-state index in [0.29, 0.717) is 18.8 Å². The zero-order valence-electron chi connectivity index (χ0n) is 18.4. The average molecular weight is 450 g/mol. The first-order chi connectivity index (χ1) is 16.0. The number of nitrogens with one attached hydrogen (secondary N) is 2. The maximum absolute atomic E-state index is 13.0. The molecule has 0 spiro atoms. The minimum absolute atomic E-state index is 0.0456. The van der Waals surface area contributed by atoms with Gasteiger partial charge in [-0.25, -0.2) is 4.79 Å². The zero-order valence-corrected chi connectivity index (χ0v) is 18.4. The Morgan fingerprint density at radius 3 is 2.67 bits per heavy atom. The number of carbonyl (C=O) groups is 3. The molecule has 2 N–H and O–H groups in total. The van der Waals surface area contributed by atoms with Crippen LogP contribution in [0.25, 0.3) is 0 Å². The van der Waals surface area contributed by atoms with Crippen molar-refractivity contribution in [1.82, 2.24) is 20.7 Å². The number of rotatable bonds is 5. The number of urea groups is 1. The molecule has 3 aliphatic heterocycles. The lowest BCUT2D eigenvalue weighted by Crippen LogP contribution is -2.50. The second-order valence-corrected chi connectivity index (χ2v) is 8.63. The molecule has 9 heteroatoms. The fourth-order valence-corrected chi connectivity index (χ4v) is 4.71. The summed E-state index contributed by atoms with van der Waals surface area (Å²) in [5.74, 6) is 0.513. The molecule has 0 radical (unpaired) electrons. The normalized spacial score (nSPS) is 24.6. The second-order valence-electron chi connectivity index (χ2n) is 8.63. The third-order valence-corrected chi connectivity index (χ3v) is 6.44. The van der Waals surface area contributed by atoms with Crippen LogP contribution >= 0.6 is 0 Å². The molecule has 2 aromatic rings. The molecule has 0 bridgehead atoms. The van der Waals surface area contributed by atoms with Crippen LogP contribution in [-0.4, -0.2) is 54.1 Å². The van der Waals surface area contributed by atoms with Crippen molar-refractivity contribution >= 4 is 17.8 Å². The van der Waals surface area contributed by atoms with E-state index in [-0.39, 0.29) is 12.6 Å². The molecule has 2 aromatic carbocycles. The minimum atomic E-state index is -1.23. The molecule has 4 amide bonds. The number of hydrazine groups is 1. The molecule has 2 fully saturated rings. The van der Waals surface area contributed by atoms with E-state index in [2.05, 4.69) is 15.6 Å². The van der Waals surface area contributed by atoms with E-state index in [1.54, 1.807) is 31.2 Å². The lowest BCUT2D eigenvalue weighted by molar-refractivity contribution is -0.139. The van der Waals surface area contributed by atoms with Gasteiger partial charge < -0.3 is 14.8 Å². The van der Waals surface area contributed by atoms with Gasteiger partial charge >= 0.3 is 6.03 Å². The Morgan fingerprint density at radius 2 is 1.88 bits per heavy atom. The number of hydrogen-bond acceptors (Lipinski definition) is 6. The van der Waals surface area contributed by atoms with E-state index in [1.807, 2.05) is 24.3 Å². The van der Waals surface area contributed by atoms with Crippen LogP contribution in [0, 0.1) is 0 Å².